The summed E-state index contributed by atoms with van der Waals surface area (Å²) in [6.07, 6.45) is 0.615. The molecule has 0 saturated carbocycles. The second-order valence-electron chi connectivity index (χ2n) is 3.16. The second-order valence-corrected chi connectivity index (χ2v) is 3.16. The minimum Gasteiger partial charge on any atom is -0.433 e. The van der Waals surface area contributed by atoms with Crippen LogP contribution in [0.25, 0.3) is 0 Å². The van der Waals surface area contributed by atoms with Crippen LogP contribution in [0.3, 0.4) is 0 Å². The van der Waals surface area contributed by atoms with Gasteiger partial charge in [-0.2, -0.15) is 0 Å². The van der Waals surface area contributed by atoms with E-state index in [1.54, 1.807) is 0 Å². The maximum Gasteiger partial charge on any atom is 0.308 e. The fraction of sp³-hybridized carbons (Fsp3) is 0.889. The van der Waals surface area contributed by atoms with Gasteiger partial charge in [-0.3, -0.25) is 4.79 Å². The molecular weight excluding hydrogens is 172 g/mol. The van der Waals surface area contributed by atoms with Gasteiger partial charge in [0, 0.05) is 6.42 Å². The molecule has 0 aromatic carbocycles. The van der Waals surface area contributed by atoms with Crippen molar-refractivity contribution in [3.05, 3.63) is 0 Å². The number of ether oxygens (including phenoxy) is 2. The lowest BCUT2D eigenvalue weighted by Crippen LogP contribution is -2.36. The van der Waals surface area contributed by atoms with E-state index in [0.29, 0.717) is 19.4 Å². The molecule has 0 spiro atoms. The smallest absolute Gasteiger partial charge is 0.308 e. The van der Waals surface area contributed by atoms with Gasteiger partial charge in [0.2, 0.25) is 6.29 Å². The highest BCUT2D eigenvalue weighted by atomic mass is 16.7. The van der Waals surface area contributed by atoms with Crippen molar-refractivity contribution in [2.24, 2.45) is 0 Å². The van der Waals surface area contributed by atoms with Crippen LogP contribution < -0.4 is 0 Å². The third-order valence-corrected chi connectivity index (χ3v) is 1.92. The molecule has 4 nitrogen and oxygen atoms in total. The van der Waals surface area contributed by atoms with Crippen LogP contribution >= 0.6 is 0 Å². The van der Waals surface area contributed by atoms with Gasteiger partial charge in [-0.05, 0) is 19.3 Å². The van der Waals surface area contributed by atoms with E-state index in [1.807, 2.05) is 6.92 Å². The summed E-state index contributed by atoms with van der Waals surface area (Å²) in [4.78, 5) is 11.0. The molecule has 1 aliphatic rings. The predicted molar refractivity (Wildman–Crippen MR) is 44.4 cm³/mol. The molecule has 1 radical (unpaired) electrons. The first kappa shape index (κ1) is 10.5. The number of hydrogen-bond acceptors (Lipinski definition) is 3. The Hall–Kier alpha value is -0.610. The van der Waals surface area contributed by atoms with Crippen LogP contribution in [0.15, 0.2) is 0 Å². The summed E-state index contributed by atoms with van der Waals surface area (Å²) in [5.41, 5.74) is 0. The first-order valence-corrected chi connectivity index (χ1v) is 4.71. The average molecular weight is 187 g/mol. The quantitative estimate of drug-likeness (QED) is 0.625. The number of rotatable bonds is 3. The highest BCUT2D eigenvalue weighted by Gasteiger charge is 2.28. The lowest BCUT2D eigenvalue weighted by atomic mass is 10.1. The largest absolute Gasteiger partial charge is 0.433 e. The van der Waals surface area contributed by atoms with Gasteiger partial charge in [-0.15, -0.1) is 0 Å². The van der Waals surface area contributed by atoms with Gasteiger partial charge < -0.3 is 9.47 Å². The Morgan fingerprint density at radius 2 is 2.38 bits per heavy atom. The zero-order valence-electron chi connectivity index (χ0n) is 7.82. The van der Waals surface area contributed by atoms with Crippen molar-refractivity contribution >= 4 is 5.97 Å². The summed E-state index contributed by atoms with van der Waals surface area (Å²) < 4.78 is 9.92. The molecule has 0 aromatic heterocycles. The van der Waals surface area contributed by atoms with Crippen molar-refractivity contribution in [2.75, 3.05) is 6.61 Å². The van der Waals surface area contributed by atoms with Gasteiger partial charge >= 0.3 is 5.97 Å². The molecule has 1 aliphatic heterocycles. The van der Waals surface area contributed by atoms with E-state index < -0.39 is 12.4 Å². The number of hydrogen-bond donors (Lipinski definition) is 0. The summed E-state index contributed by atoms with van der Waals surface area (Å²) in [7, 11) is 0. The molecule has 2 unspecified atom stereocenters. The molecule has 0 bridgehead atoms. The van der Waals surface area contributed by atoms with E-state index >= 15 is 0 Å². The fourth-order valence-electron chi connectivity index (χ4n) is 1.23. The Labute approximate surface area is 77.8 Å². The first-order chi connectivity index (χ1) is 6.24. The zero-order valence-corrected chi connectivity index (χ0v) is 7.82. The van der Waals surface area contributed by atoms with E-state index in [-0.39, 0.29) is 5.97 Å². The topological polar surface area (TPSA) is 55.4 Å². The van der Waals surface area contributed by atoms with Crippen molar-refractivity contribution in [3.63, 3.8) is 0 Å². The molecular formula is C9H15O4. The normalized spacial score (nSPS) is 28.5. The molecule has 1 heterocycles. The minimum atomic E-state index is -0.908. The third-order valence-electron chi connectivity index (χ3n) is 1.92. The maximum atomic E-state index is 11.2. The van der Waals surface area contributed by atoms with E-state index in [0.717, 1.165) is 12.8 Å². The van der Waals surface area contributed by atoms with E-state index in [1.165, 1.54) is 0 Å². The van der Waals surface area contributed by atoms with Crippen LogP contribution in [0.1, 0.15) is 32.6 Å². The Kier molecular flexibility index (Phi) is 4.18. The molecule has 0 amide bonds. The van der Waals surface area contributed by atoms with Gasteiger partial charge in [-0.25, -0.2) is 5.11 Å². The molecule has 0 aliphatic carbocycles. The lowest BCUT2D eigenvalue weighted by molar-refractivity contribution is -0.226. The number of esters is 1. The van der Waals surface area contributed by atoms with Crippen molar-refractivity contribution < 1.29 is 19.4 Å². The third kappa shape index (κ3) is 3.32. The molecule has 1 fully saturated rings. The van der Waals surface area contributed by atoms with Crippen LogP contribution in [0, 0.1) is 0 Å². The average Bonchev–Trinajstić information content (AvgIpc) is 2.09. The summed E-state index contributed by atoms with van der Waals surface area (Å²) in [5.74, 6) is -0.338. The van der Waals surface area contributed by atoms with Crippen molar-refractivity contribution in [3.8, 4) is 0 Å². The highest BCUT2D eigenvalue weighted by Crippen LogP contribution is 2.16. The molecule has 4 heteroatoms. The molecule has 13 heavy (non-hydrogen) atoms. The monoisotopic (exact) mass is 187 g/mol. The van der Waals surface area contributed by atoms with Crippen molar-refractivity contribution in [1.29, 1.82) is 0 Å². The summed E-state index contributed by atoms with van der Waals surface area (Å²) in [5, 5.41) is 11.2. The molecule has 2 atom stereocenters. The van der Waals surface area contributed by atoms with Gasteiger partial charge in [0.25, 0.3) is 0 Å². The Morgan fingerprint density at radius 1 is 1.62 bits per heavy atom. The first-order valence-electron chi connectivity index (χ1n) is 4.71. The Balaban J connectivity index is 2.29. The van der Waals surface area contributed by atoms with Gasteiger partial charge in [0.05, 0.1) is 6.61 Å². The van der Waals surface area contributed by atoms with Gasteiger partial charge in [0.1, 0.15) is 0 Å². The molecule has 1 saturated heterocycles. The zero-order chi connectivity index (χ0) is 9.68. The number of carbonyl (C=O) groups is 1. The Bertz CT molecular complexity index is 169. The SMILES string of the molecule is CCCC(=O)OC1OCCCC1[O]. The fourth-order valence-corrected chi connectivity index (χ4v) is 1.23. The van der Waals surface area contributed by atoms with E-state index in [9.17, 15) is 9.90 Å². The van der Waals surface area contributed by atoms with E-state index in [2.05, 4.69) is 0 Å². The standard InChI is InChI=1S/C9H15O4/c1-2-4-8(11)13-9-7(10)5-3-6-12-9/h7,9H,2-6H2,1H3. The summed E-state index contributed by atoms with van der Waals surface area (Å²) in [6, 6.07) is 0. The Morgan fingerprint density at radius 3 is 3.00 bits per heavy atom. The second kappa shape index (κ2) is 5.19. The van der Waals surface area contributed by atoms with Crippen LogP contribution in [0.2, 0.25) is 0 Å². The maximum absolute atomic E-state index is 11.2. The molecule has 0 N–H and O–H groups in total. The van der Waals surface area contributed by atoms with Crippen LogP contribution in [-0.4, -0.2) is 25.0 Å². The van der Waals surface area contributed by atoms with Crippen molar-refractivity contribution in [2.45, 2.75) is 45.0 Å². The van der Waals surface area contributed by atoms with E-state index in [4.69, 9.17) is 9.47 Å². The van der Waals surface area contributed by atoms with Crippen molar-refractivity contribution in [1.82, 2.24) is 0 Å². The van der Waals surface area contributed by atoms with Crippen LogP contribution in [0.4, 0.5) is 0 Å². The summed E-state index contributed by atoms with van der Waals surface area (Å²) in [6.45, 7) is 2.40. The summed E-state index contributed by atoms with van der Waals surface area (Å²) >= 11 is 0. The minimum absolute atomic E-state index is 0.338. The highest BCUT2D eigenvalue weighted by molar-refractivity contribution is 5.69. The van der Waals surface area contributed by atoms with Crippen LogP contribution in [0.5, 0.6) is 0 Å². The lowest BCUT2D eigenvalue weighted by Gasteiger charge is -2.25. The van der Waals surface area contributed by atoms with Gasteiger partial charge in [0.15, 0.2) is 6.10 Å². The van der Waals surface area contributed by atoms with Gasteiger partial charge in [-0.1, -0.05) is 6.92 Å². The molecule has 1 rings (SSSR count). The van der Waals surface area contributed by atoms with Crippen LogP contribution in [-0.2, 0) is 19.4 Å². The molecule has 0 aromatic rings. The number of carbonyl (C=O) groups excluding carboxylic acids is 1. The molecule has 75 valence electrons. The predicted octanol–water partition coefficient (Wildman–Crippen LogP) is 1.27.